The number of carboxylic acids is 1. The van der Waals surface area contributed by atoms with E-state index in [0.717, 1.165) is 12.0 Å². The van der Waals surface area contributed by atoms with Crippen LogP contribution in [0.5, 0.6) is 11.5 Å². The van der Waals surface area contributed by atoms with Crippen molar-refractivity contribution in [1.82, 2.24) is 4.90 Å². The molecule has 0 spiro atoms. The summed E-state index contributed by atoms with van der Waals surface area (Å²) >= 11 is 0. The van der Waals surface area contributed by atoms with Crippen molar-refractivity contribution in [2.75, 3.05) is 26.8 Å². The number of hydrogen-bond acceptors (Lipinski definition) is 5. The Morgan fingerprint density at radius 1 is 1.26 bits per heavy atom. The zero-order valence-corrected chi connectivity index (χ0v) is 16.5. The van der Waals surface area contributed by atoms with Crippen LogP contribution < -0.4 is 9.47 Å². The van der Waals surface area contributed by atoms with Crippen molar-refractivity contribution in [2.24, 2.45) is 5.92 Å². The second kappa shape index (κ2) is 8.97. The molecule has 0 bridgehead atoms. The third kappa shape index (κ3) is 6.66. The molecule has 2 rings (SSSR count). The standard InChI is InChI=1S/C20H29NO6/c1-20(2,3)27-19(24)21-10-9-15(12-21)13-26-16-7-5-14(6-8-18(22)23)11-17(16)25-4/h5,7,11,15H,6,8-10,12-13H2,1-4H3,(H,22,23). The van der Waals surface area contributed by atoms with Crippen LogP contribution in [0.2, 0.25) is 0 Å². The summed E-state index contributed by atoms with van der Waals surface area (Å²) in [4.78, 5) is 24.5. The molecule has 150 valence electrons. The summed E-state index contributed by atoms with van der Waals surface area (Å²) in [5, 5.41) is 8.79. The number of carbonyl (C=O) groups is 2. The maximum Gasteiger partial charge on any atom is 0.410 e. The van der Waals surface area contributed by atoms with Crippen molar-refractivity contribution in [2.45, 2.75) is 45.6 Å². The first-order valence-electron chi connectivity index (χ1n) is 9.17. The number of aryl methyl sites for hydroxylation is 1. The van der Waals surface area contributed by atoms with Crippen LogP contribution >= 0.6 is 0 Å². The van der Waals surface area contributed by atoms with Crippen molar-refractivity contribution in [3.05, 3.63) is 23.8 Å². The van der Waals surface area contributed by atoms with E-state index in [1.54, 1.807) is 24.1 Å². The number of carboxylic acid groups (broad SMARTS) is 1. The maximum atomic E-state index is 12.1. The number of carbonyl (C=O) groups excluding carboxylic acids is 1. The molecule has 1 aromatic rings. The van der Waals surface area contributed by atoms with Gasteiger partial charge in [-0.1, -0.05) is 6.07 Å². The van der Waals surface area contributed by atoms with E-state index in [2.05, 4.69) is 0 Å². The van der Waals surface area contributed by atoms with E-state index >= 15 is 0 Å². The van der Waals surface area contributed by atoms with Crippen molar-refractivity contribution in [1.29, 1.82) is 0 Å². The smallest absolute Gasteiger partial charge is 0.410 e. The van der Waals surface area contributed by atoms with Gasteiger partial charge >= 0.3 is 12.1 Å². The summed E-state index contributed by atoms with van der Waals surface area (Å²) in [6, 6.07) is 5.46. The van der Waals surface area contributed by atoms with E-state index in [1.807, 2.05) is 26.8 Å². The molecule has 1 saturated heterocycles. The lowest BCUT2D eigenvalue weighted by molar-refractivity contribution is -0.136. The first kappa shape index (κ1) is 20.9. The number of likely N-dealkylation sites (tertiary alicyclic amines) is 1. The van der Waals surface area contributed by atoms with Crippen LogP contribution in [0, 0.1) is 5.92 Å². The molecule has 0 radical (unpaired) electrons. The number of hydrogen-bond donors (Lipinski definition) is 1. The Morgan fingerprint density at radius 2 is 2.00 bits per heavy atom. The minimum absolute atomic E-state index is 0.0753. The van der Waals surface area contributed by atoms with Gasteiger partial charge in [-0.2, -0.15) is 0 Å². The molecule has 1 N–H and O–H groups in total. The van der Waals surface area contributed by atoms with Gasteiger partial charge in [-0.05, 0) is 51.3 Å². The fourth-order valence-corrected chi connectivity index (χ4v) is 2.91. The lowest BCUT2D eigenvalue weighted by atomic mass is 10.1. The predicted molar refractivity (Wildman–Crippen MR) is 100 cm³/mol. The molecule has 0 aliphatic carbocycles. The van der Waals surface area contributed by atoms with E-state index in [4.69, 9.17) is 19.3 Å². The third-order valence-electron chi connectivity index (χ3n) is 4.27. The quantitative estimate of drug-likeness (QED) is 0.782. The van der Waals surface area contributed by atoms with Crippen molar-refractivity contribution in [3.8, 4) is 11.5 Å². The van der Waals surface area contributed by atoms with Gasteiger partial charge in [0.2, 0.25) is 0 Å². The average Bonchev–Trinajstić information content (AvgIpc) is 3.06. The van der Waals surface area contributed by atoms with Gasteiger partial charge in [0.1, 0.15) is 5.60 Å². The number of rotatable bonds is 7. The van der Waals surface area contributed by atoms with Crippen molar-refractivity contribution in [3.63, 3.8) is 0 Å². The summed E-state index contributed by atoms with van der Waals surface area (Å²) < 4.78 is 16.7. The van der Waals surface area contributed by atoms with E-state index in [0.29, 0.717) is 37.6 Å². The van der Waals surface area contributed by atoms with E-state index in [1.165, 1.54) is 0 Å². The molecule has 1 fully saturated rings. The molecule has 0 saturated carbocycles. The van der Waals surface area contributed by atoms with E-state index in [-0.39, 0.29) is 18.4 Å². The van der Waals surface area contributed by atoms with Crippen LogP contribution in [0.4, 0.5) is 4.79 Å². The Hall–Kier alpha value is -2.44. The summed E-state index contributed by atoms with van der Waals surface area (Å²) in [6.07, 6.45) is 1.09. The second-order valence-corrected chi connectivity index (χ2v) is 7.77. The second-order valence-electron chi connectivity index (χ2n) is 7.77. The van der Waals surface area contributed by atoms with Crippen molar-refractivity contribution >= 4 is 12.1 Å². The Bertz CT molecular complexity index is 667. The fourth-order valence-electron chi connectivity index (χ4n) is 2.91. The fraction of sp³-hybridized carbons (Fsp3) is 0.600. The summed E-state index contributed by atoms with van der Waals surface area (Å²) in [6.45, 7) is 7.31. The molecule has 1 aromatic carbocycles. The van der Waals surface area contributed by atoms with Crippen LogP contribution in [0.1, 0.15) is 39.2 Å². The van der Waals surface area contributed by atoms with Gasteiger partial charge in [0, 0.05) is 25.4 Å². The minimum atomic E-state index is -0.829. The van der Waals surface area contributed by atoms with Gasteiger partial charge in [0.05, 0.1) is 13.7 Å². The Kier molecular flexibility index (Phi) is 6.93. The van der Waals surface area contributed by atoms with Crippen LogP contribution in [-0.4, -0.2) is 54.5 Å². The van der Waals surface area contributed by atoms with Crippen LogP contribution in [0.25, 0.3) is 0 Å². The molecule has 0 aromatic heterocycles. The number of ether oxygens (including phenoxy) is 3. The predicted octanol–water partition coefficient (Wildman–Crippen LogP) is 3.35. The maximum absolute atomic E-state index is 12.1. The number of aliphatic carboxylic acids is 1. The van der Waals surface area contributed by atoms with Gasteiger partial charge in [-0.15, -0.1) is 0 Å². The SMILES string of the molecule is COc1cc(CCC(=O)O)ccc1OCC1CCN(C(=O)OC(C)(C)C)C1. The lowest BCUT2D eigenvalue weighted by Crippen LogP contribution is -2.35. The Labute approximate surface area is 160 Å². The highest BCUT2D eigenvalue weighted by Gasteiger charge is 2.30. The summed E-state index contributed by atoms with van der Waals surface area (Å²) in [5.41, 5.74) is 0.389. The molecule has 1 unspecified atom stereocenters. The van der Waals surface area contributed by atoms with E-state index < -0.39 is 11.6 Å². The molecule has 1 heterocycles. The highest BCUT2D eigenvalue weighted by atomic mass is 16.6. The van der Waals surface area contributed by atoms with Crippen molar-refractivity contribution < 1.29 is 28.9 Å². The number of amides is 1. The molecule has 7 nitrogen and oxygen atoms in total. The molecule has 1 aliphatic rings. The zero-order valence-electron chi connectivity index (χ0n) is 16.5. The minimum Gasteiger partial charge on any atom is -0.493 e. The number of benzene rings is 1. The Balaban J connectivity index is 1.87. The van der Waals surface area contributed by atoms with Gasteiger partial charge in [0.25, 0.3) is 0 Å². The molecule has 27 heavy (non-hydrogen) atoms. The van der Waals surface area contributed by atoms with Gasteiger partial charge < -0.3 is 24.2 Å². The number of nitrogens with zero attached hydrogens (tertiary/aromatic N) is 1. The largest absolute Gasteiger partial charge is 0.493 e. The van der Waals surface area contributed by atoms with E-state index in [9.17, 15) is 9.59 Å². The zero-order chi connectivity index (χ0) is 20.0. The highest BCUT2D eigenvalue weighted by molar-refractivity contribution is 5.68. The molecule has 7 heteroatoms. The third-order valence-corrected chi connectivity index (χ3v) is 4.27. The Morgan fingerprint density at radius 3 is 2.63 bits per heavy atom. The van der Waals surface area contributed by atoms with Gasteiger partial charge in [-0.25, -0.2) is 4.79 Å². The molecule has 1 amide bonds. The average molecular weight is 379 g/mol. The summed E-state index contributed by atoms with van der Waals surface area (Å²) in [5.74, 6) is 0.603. The molecule has 1 aliphatic heterocycles. The molecular formula is C20H29NO6. The number of methoxy groups -OCH3 is 1. The highest BCUT2D eigenvalue weighted by Crippen LogP contribution is 2.30. The lowest BCUT2D eigenvalue weighted by Gasteiger charge is -2.24. The van der Waals surface area contributed by atoms with Gasteiger partial charge in [-0.3, -0.25) is 4.79 Å². The van der Waals surface area contributed by atoms with Gasteiger partial charge in [0.15, 0.2) is 11.5 Å². The normalized spacial score (nSPS) is 16.9. The summed E-state index contributed by atoms with van der Waals surface area (Å²) in [7, 11) is 1.56. The monoisotopic (exact) mass is 379 g/mol. The topological polar surface area (TPSA) is 85.3 Å². The molecule has 1 atom stereocenters. The molecular weight excluding hydrogens is 350 g/mol. The van der Waals surface area contributed by atoms with Crippen LogP contribution in [0.3, 0.4) is 0 Å². The van der Waals surface area contributed by atoms with Crippen LogP contribution in [-0.2, 0) is 16.0 Å². The first-order valence-corrected chi connectivity index (χ1v) is 9.17. The first-order chi connectivity index (χ1) is 12.7. The van der Waals surface area contributed by atoms with Crippen LogP contribution in [0.15, 0.2) is 18.2 Å².